The van der Waals surface area contributed by atoms with Crippen molar-refractivity contribution in [1.82, 2.24) is 0 Å². The van der Waals surface area contributed by atoms with E-state index in [0.717, 1.165) is 12.8 Å². The molecule has 3 rings (SSSR count). The van der Waals surface area contributed by atoms with Crippen molar-refractivity contribution in [2.24, 2.45) is 17.8 Å². The molecule has 1 saturated heterocycles. The van der Waals surface area contributed by atoms with E-state index in [-0.39, 0.29) is 24.1 Å². The van der Waals surface area contributed by atoms with E-state index in [1.165, 1.54) is 0 Å². The van der Waals surface area contributed by atoms with E-state index < -0.39 is 23.2 Å². The third-order valence-electron chi connectivity index (χ3n) is 4.90. The third kappa shape index (κ3) is 6.21. The number of unbranched alkanes of at least 4 members (excludes halogenated alkanes) is 1. The molecule has 1 saturated carbocycles. The van der Waals surface area contributed by atoms with Gasteiger partial charge in [-0.1, -0.05) is 38.5 Å². The largest absolute Gasteiger partial charge is 0.481 e. The number of hydrogen-bond donors (Lipinski definition) is 1. The zero-order chi connectivity index (χ0) is 20.7. The molecule has 2 aliphatic rings. The molecule has 0 amide bonds. The molecule has 154 valence electrons. The molecule has 1 aliphatic carbocycles. The summed E-state index contributed by atoms with van der Waals surface area (Å²) >= 11 is 4.95. The predicted octanol–water partition coefficient (Wildman–Crippen LogP) is 3.88. The summed E-state index contributed by atoms with van der Waals surface area (Å²) in [5, 5.41) is 9.22. The van der Waals surface area contributed by atoms with Gasteiger partial charge in [-0.25, -0.2) is 4.79 Å². The molecule has 7 nitrogen and oxygen atoms in total. The van der Waals surface area contributed by atoms with Crippen molar-refractivity contribution >= 4 is 29.0 Å². The molecular formula is C20H25ClO7. The minimum Gasteiger partial charge on any atom is -0.481 e. The number of benzene rings is 1. The molecule has 0 spiro atoms. The third-order valence-corrected chi connectivity index (χ3v) is 4.98. The van der Waals surface area contributed by atoms with E-state index in [0.29, 0.717) is 18.8 Å². The zero-order valence-corrected chi connectivity index (χ0v) is 16.6. The first kappa shape index (κ1) is 22.2. The van der Waals surface area contributed by atoms with Crippen molar-refractivity contribution in [2.45, 2.75) is 45.3 Å². The number of aliphatic carboxylic acids is 1. The Hall–Kier alpha value is -2.12. The van der Waals surface area contributed by atoms with Gasteiger partial charge in [0.25, 0.3) is 0 Å². The number of carbonyl (C=O) groups is 3. The van der Waals surface area contributed by atoms with E-state index in [1.54, 1.807) is 24.3 Å². The number of epoxide rings is 1. The lowest BCUT2D eigenvalue weighted by atomic mass is 9.73. The van der Waals surface area contributed by atoms with Crippen LogP contribution in [0.5, 0.6) is 5.75 Å². The maximum absolute atomic E-state index is 12.0. The SMILES string of the molecule is CCCCOC(=O)C1C(C(=O)O)CC2OC2C1C.O=C(Cl)Oc1ccccc1. The highest BCUT2D eigenvalue weighted by Crippen LogP contribution is 2.47. The number of rotatable bonds is 6. The molecule has 1 heterocycles. The van der Waals surface area contributed by atoms with Crippen LogP contribution in [-0.4, -0.2) is 41.3 Å². The van der Waals surface area contributed by atoms with E-state index >= 15 is 0 Å². The van der Waals surface area contributed by atoms with Gasteiger partial charge in [0.2, 0.25) is 0 Å². The molecule has 1 aromatic carbocycles. The Labute approximate surface area is 168 Å². The lowest BCUT2D eigenvalue weighted by molar-refractivity contribution is -0.161. The summed E-state index contributed by atoms with van der Waals surface area (Å²) in [6, 6.07) is 8.65. The number of carboxylic acid groups (broad SMARTS) is 1. The molecule has 0 bridgehead atoms. The van der Waals surface area contributed by atoms with Gasteiger partial charge in [-0.15, -0.1) is 0 Å². The minimum absolute atomic E-state index is 0.0285. The molecule has 0 radical (unpaired) electrons. The average Bonchev–Trinajstić information content (AvgIpc) is 3.42. The summed E-state index contributed by atoms with van der Waals surface area (Å²) < 4.78 is 15.1. The fourth-order valence-electron chi connectivity index (χ4n) is 3.40. The number of halogens is 1. The summed E-state index contributed by atoms with van der Waals surface area (Å²) in [6.07, 6.45) is 2.26. The first-order valence-electron chi connectivity index (χ1n) is 9.32. The summed E-state index contributed by atoms with van der Waals surface area (Å²) in [5.74, 6) is -2.15. The van der Waals surface area contributed by atoms with Crippen LogP contribution in [-0.2, 0) is 19.1 Å². The van der Waals surface area contributed by atoms with E-state index in [1.807, 2.05) is 19.9 Å². The predicted molar refractivity (Wildman–Crippen MR) is 101 cm³/mol. The van der Waals surface area contributed by atoms with E-state index in [4.69, 9.17) is 21.1 Å². The van der Waals surface area contributed by atoms with Gasteiger partial charge in [0.05, 0.1) is 30.7 Å². The highest BCUT2D eigenvalue weighted by atomic mass is 35.5. The van der Waals surface area contributed by atoms with Gasteiger partial charge in [0.1, 0.15) is 5.75 Å². The number of hydrogen-bond acceptors (Lipinski definition) is 6. The molecular weight excluding hydrogens is 388 g/mol. The van der Waals surface area contributed by atoms with Gasteiger partial charge in [-0.2, -0.15) is 0 Å². The summed E-state index contributed by atoms with van der Waals surface area (Å²) in [7, 11) is 0. The monoisotopic (exact) mass is 412 g/mol. The topological polar surface area (TPSA) is 102 Å². The fraction of sp³-hybridized carbons (Fsp3) is 0.550. The van der Waals surface area contributed by atoms with Gasteiger partial charge in [0, 0.05) is 11.6 Å². The Morgan fingerprint density at radius 3 is 2.50 bits per heavy atom. The van der Waals surface area contributed by atoms with Gasteiger partial charge in [0.15, 0.2) is 0 Å². The van der Waals surface area contributed by atoms with Gasteiger partial charge < -0.3 is 19.3 Å². The molecule has 28 heavy (non-hydrogen) atoms. The standard InChI is InChI=1S/C13H20O5.C7H5ClO2/c1-3-4-5-17-13(16)10-7(2)11-9(18-11)6-8(10)12(14)15;8-7(9)10-6-4-2-1-3-5-6/h7-11H,3-6H2,1-2H3,(H,14,15);1-5H. The lowest BCUT2D eigenvalue weighted by Crippen LogP contribution is -2.42. The van der Waals surface area contributed by atoms with Crippen LogP contribution < -0.4 is 4.74 Å². The van der Waals surface area contributed by atoms with Crippen molar-refractivity contribution in [3.8, 4) is 5.75 Å². The zero-order valence-electron chi connectivity index (χ0n) is 15.9. The Kier molecular flexibility index (Phi) is 8.26. The minimum atomic E-state index is -0.923. The van der Waals surface area contributed by atoms with Crippen LogP contribution in [0.1, 0.15) is 33.1 Å². The molecule has 5 atom stereocenters. The summed E-state index contributed by atoms with van der Waals surface area (Å²) in [6.45, 7) is 4.27. The van der Waals surface area contributed by atoms with E-state index in [2.05, 4.69) is 4.74 Å². The summed E-state index contributed by atoms with van der Waals surface area (Å²) in [5.41, 5.74) is -0.814. The second-order valence-corrected chi connectivity index (χ2v) is 7.19. The highest BCUT2D eigenvalue weighted by molar-refractivity contribution is 6.61. The van der Waals surface area contributed by atoms with Crippen molar-refractivity contribution in [2.75, 3.05) is 6.61 Å². The first-order valence-corrected chi connectivity index (χ1v) is 9.70. The Balaban J connectivity index is 0.000000237. The van der Waals surface area contributed by atoms with Crippen LogP contribution in [0.2, 0.25) is 0 Å². The second kappa shape index (κ2) is 10.4. The van der Waals surface area contributed by atoms with Crippen LogP contribution >= 0.6 is 11.6 Å². The average molecular weight is 413 g/mol. The number of para-hydroxylation sites is 1. The molecule has 2 fully saturated rings. The number of esters is 1. The van der Waals surface area contributed by atoms with Crippen LogP contribution in [0.3, 0.4) is 0 Å². The second-order valence-electron chi connectivity index (χ2n) is 6.88. The van der Waals surface area contributed by atoms with Crippen LogP contribution in [0.25, 0.3) is 0 Å². The Morgan fingerprint density at radius 1 is 1.25 bits per heavy atom. The Morgan fingerprint density at radius 2 is 1.93 bits per heavy atom. The van der Waals surface area contributed by atoms with Gasteiger partial charge in [-0.3, -0.25) is 9.59 Å². The number of carbonyl (C=O) groups excluding carboxylic acids is 2. The van der Waals surface area contributed by atoms with Gasteiger partial charge in [-0.05, 0) is 30.9 Å². The van der Waals surface area contributed by atoms with Gasteiger partial charge >= 0.3 is 17.4 Å². The lowest BCUT2D eigenvalue weighted by Gasteiger charge is -2.29. The smallest absolute Gasteiger partial charge is 0.409 e. The maximum atomic E-state index is 12.0. The fourth-order valence-corrected chi connectivity index (χ4v) is 3.49. The van der Waals surface area contributed by atoms with Crippen molar-refractivity contribution in [1.29, 1.82) is 0 Å². The number of carboxylic acids is 1. The quantitative estimate of drug-likeness (QED) is 0.327. The molecule has 5 unspecified atom stereocenters. The summed E-state index contributed by atoms with van der Waals surface area (Å²) in [4.78, 5) is 33.4. The van der Waals surface area contributed by atoms with Crippen molar-refractivity contribution in [3.63, 3.8) is 0 Å². The van der Waals surface area contributed by atoms with Crippen LogP contribution in [0.15, 0.2) is 30.3 Å². The normalized spacial score (nSPS) is 27.5. The molecule has 1 aromatic rings. The Bertz CT molecular complexity index is 678. The van der Waals surface area contributed by atoms with E-state index in [9.17, 15) is 19.5 Å². The molecule has 0 aromatic heterocycles. The maximum Gasteiger partial charge on any atom is 0.409 e. The van der Waals surface area contributed by atoms with Crippen LogP contribution in [0.4, 0.5) is 4.79 Å². The van der Waals surface area contributed by atoms with Crippen molar-refractivity contribution in [3.05, 3.63) is 30.3 Å². The molecule has 1 aliphatic heterocycles. The van der Waals surface area contributed by atoms with Crippen molar-refractivity contribution < 1.29 is 33.7 Å². The first-order chi connectivity index (χ1) is 13.3. The molecule has 8 heteroatoms. The number of ether oxygens (including phenoxy) is 3. The molecule has 1 N–H and O–H groups in total. The highest BCUT2D eigenvalue weighted by Gasteiger charge is 2.57. The van der Waals surface area contributed by atoms with Crippen LogP contribution in [0, 0.1) is 17.8 Å². The number of fused-ring (bicyclic) bond motifs is 1.